The Hall–Kier alpha value is -0.420. The number of carbonyl (C=O) groups is 1. The van der Waals surface area contributed by atoms with Crippen LogP contribution in [0.25, 0.3) is 0 Å². The molecule has 1 aliphatic rings. The molecule has 0 aromatic carbocycles. The molecule has 1 fully saturated rings. The summed E-state index contributed by atoms with van der Waals surface area (Å²) in [7, 11) is -2.85. The van der Waals surface area contributed by atoms with E-state index in [0.29, 0.717) is 19.5 Å². The molecule has 1 saturated heterocycles. The van der Waals surface area contributed by atoms with Crippen LogP contribution in [0, 0.1) is 5.41 Å². The van der Waals surface area contributed by atoms with Gasteiger partial charge in [0.1, 0.15) is 5.78 Å². The van der Waals surface area contributed by atoms with Gasteiger partial charge in [-0.1, -0.05) is 13.8 Å². The first-order chi connectivity index (χ1) is 7.23. The van der Waals surface area contributed by atoms with E-state index in [1.807, 2.05) is 13.8 Å². The summed E-state index contributed by atoms with van der Waals surface area (Å²) in [5, 5.41) is 0. The first kappa shape index (κ1) is 13.6. The Balaban J connectivity index is 2.60. The minimum atomic E-state index is -2.85. The van der Waals surface area contributed by atoms with Gasteiger partial charge in [-0.2, -0.15) is 0 Å². The zero-order valence-electron chi connectivity index (χ0n) is 10.3. The highest BCUT2D eigenvalue weighted by molar-refractivity contribution is 7.91. The van der Waals surface area contributed by atoms with Crippen molar-refractivity contribution in [3.05, 3.63) is 0 Å². The molecule has 0 N–H and O–H groups in total. The molecule has 0 aliphatic carbocycles. The third kappa shape index (κ3) is 3.87. The van der Waals surface area contributed by atoms with Crippen LogP contribution in [0.4, 0.5) is 0 Å². The van der Waals surface area contributed by atoms with Crippen LogP contribution in [0.5, 0.6) is 0 Å². The van der Waals surface area contributed by atoms with Crippen molar-refractivity contribution in [2.24, 2.45) is 5.41 Å². The fraction of sp³-hybridized carbons (Fsp3) is 0.909. The molecular weight excluding hydrogens is 226 g/mol. The van der Waals surface area contributed by atoms with E-state index in [1.54, 1.807) is 6.92 Å². The first-order valence-electron chi connectivity index (χ1n) is 5.67. The zero-order valence-corrected chi connectivity index (χ0v) is 11.1. The summed E-state index contributed by atoms with van der Waals surface area (Å²) in [5.41, 5.74) is -0.381. The molecule has 0 aromatic rings. The molecule has 1 rings (SSSR count). The van der Waals surface area contributed by atoms with Crippen LogP contribution >= 0.6 is 0 Å². The molecule has 0 radical (unpaired) electrons. The van der Waals surface area contributed by atoms with Gasteiger partial charge in [-0.25, -0.2) is 8.42 Å². The van der Waals surface area contributed by atoms with E-state index in [2.05, 4.69) is 4.90 Å². The topological polar surface area (TPSA) is 54.5 Å². The number of hydrogen-bond donors (Lipinski definition) is 0. The van der Waals surface area contributed by atoms with Crippen molar-refractivity contribution in [1.82, 2.24) is 4.90 Å². The first-order valence-corrected chi connectivity index (χ1v) is 7.49. The van der Waals surface area contributed by atoms with Crippen molar-refractivity contribution in [2.75, 3.05) is 31.1 Å². The van der Waals surface area contributed by atoms with Gasteiger partial charge in [0.25, 0.3) is 0 Å². The quantitative estimate of drug-likeness (QED) is 0.737. The molecule has 0 bridgehead atoms. The highest BCUT2D eigenvalue weighted by atomic mass is 32.2. The SMILES string of the molecule is CC(=O)C(C)(C)CN1CCCS(=O)(=O)CC1. The Morgan fingerprint density at radius 3 is 2.44 bits per heavy atom. The predicted octanol–water partition coefficient (Wildman–Crippen LogP) is 0.722. The lowest BCUT2D eigenvalue weighted by molar-refractivity contribution is -0.125. The van der Waals surface area contributed by atoms with Gasteiger partial charge in [-0.15, -0.1) is 0 Å². The summed E-state index contributed by atoms with van der Waals surface area (Å²) in [6.45, 7) is 7.39. The lowest BCUT2D eigenvalue weighted by atomic mass is 9.88. The molecule has 16 heavy (non-hydrogen) atoms. The Morgan fingerprint density at radius 1 is 1.25 bits per heavy atom. The second-order valence-electron chi connectivity index (χ2n) is 5.22. The fourth-order valence-electron chi connectivity index (χ4n) is 1.82. The fourth-order valence-corrected chi connectivity index (χ4v) is 3.13. The van der Waals surface area contributed by atoms with E-state index < -0.39 is 9.84 Å². The van der Waals surface area contributed by atoms with Crippen molar-refractivity contribution in [3.63, 3.8) is 0 Å². The number of rotatable bonds is 3. The van der Waals surface area contributed by atoms with Crippen molar-refractivity contribution >= 4 is 15.6 Å². The number of Topliss-reactive ketones (excluding diaryl/α,β-unsaturated/α-hetero) is 1. The number of nitrogens with zero attached hydrogens (tertiary/aromatic N) is 1. The molecule has 4 nitrogen and oxygen atoms in total. The lowest BCUT2D eigenvalue weighted by Gasteiger charge is -2.29. The Morgan fingerprint density at radius 2 is 1.88 bits per heavy atom. The third-order valence-electron chi connectivity index (χ3n) is 3.22. The van der Waals surface area contributed by atoms with Crippen LogP contribution in [-0.4, -0.2) is 50.2 Å². The molecule has 1 heterocycles. The molecule has 0 amide bonds. The Bertz CT molecular complexity index is 359. The summed E-state index contributed by atoms with van der Waals surface area (Å²) < 4.78 is 22.8. The van der Waals surface area contributed by atoms with E-state index >= 15 is 0 Å². The van der Waals surface area contributed by atoms with Crippen LogP contribution < -0.4 is 0 Å². The minimum Gasteiger partial charge on any atom is -0.301 e. The number of carbonyl (C=O) groups excluding carboxylic acids is 1. The maximum Gasteiger partial charge on any atom is 0.151 e. The van der Waals surface area contributed by atoms with E-state index in [0.717, 1.165) is 6.54 Å². The highest BCUT2D eigenvalue weighted by Crippen LogP contribution is 2.19. The maximum atomic E-state index is 11.4. The van der Waals surface area contributed by atoms with E-state index in [1.165, 1.54) is 0 Å². The maximum absolute atomic E-state index is 11.4. The van der Waals surface area contributed by atoms with Gasteiger partial charge in [0, 0.05) is 18.5 Å². The van der Waals surface area contributed by atoms with Gasteiger partial charge in [-0.05, 0) is 19.9 Å². The van der Waals surface area contributed by atoms with Gasteiger partial charge in [0.05, 0.1) is 11.5 Å². The number of ketones is 1. The highest BCUT2D eigenvalue weighted by Gasteiger charge is 2.28. The largest absolute Gasteiger partial charge is 0.301 e. The van der Waals surface area contributed by atoms with Crippen molar-refractivity contribution < 1.29 is 13.2 Å². The predicted molar refractivity (Wildman–Crippen MR) is 64.2 cm³/mol. The number of sulfone groups is 1. The third-order valence-corrected chi connectivity index (χ3v) is 4.94. The van der Waals surface area contributed by atoms with Crippen LogP contribution in [0.15, 0.2) is 0 Å². The van der Waals surface area contributed by atoms with Crippen LogP contribution in [0.1, 0.15) is 27.2 Å². The summed E-state index contributed by atoms with van der Waals surface area (Å²) in [6, 6.07) is 0. The Labute approximate surface area is 97.9 Å². The molecule has 0 atom stereocenters. The monoisotopic (exact) mass is 247 g/mol. The van der Waals surface area contributed by atoms with E-state index in [9.17, 15) is 13.2 Å². The second-order valence-corrected chi connectivity index (χ2v) is 7.53. The summed E-state index contributed by atoms with van der Waals surface area (Å²) in [6.07, 6.45) is 0.677. The average molecular weight is 247 g/mol. The lowest BCUT2D eigenvalue weighted by Crippen LogP contribution is -2.39. The number of hydrogen-bond acceptors (Lipinski definition) is 4. The molecule has 5 heteroatoms. The molecular formula is C11H21NO3S. The molecule has 0 spiro atoms. The summed E-state index contributed by atoms with van der Waals surface area (Å²) >= 11 is 0. The smallest absolute Gasteiger partial charge is 0.151 e. The van der Waals surface area contributed by atoms with Gasteiger partial charge < -0.3 is 4.90 Å². The molecule has 0 aromatic heterocycles. The standard InChI is InChI=1S/C11H21NO3S/c1-10(13)11(2,3)9-12-5-4-7-16(14,15)8-6-12/h4-9H2,1-3H3. The van der Waals surface area contributed by atoms with Crippen LogP contribution in [0.3, 0.4) is 0 Å². The minimum absolute atomic E-state index is 0.152. The van der Waals surface area contributed by atoms with E-state index in [-0.39, 0.29) is 22.7 Å². The molecule has 0 saturated carbocycles. The zero-order chi connectivity index (χ0) is 12.4. The van der Waals surface area contributed by atoms with Gasteiger partial charge in [0.15, 0.2) is 9.84 Å². The van der Waals surface area contributed by atoms with Crippen LogP contribution in [-0.2, 0) is 14.6 Å². The van der Waals surface area contributed by atoms with Gasteiger partial charge >= 0.3 is 0 Å². The van der Waals surface area contributed by atoms with Gasteiger partial charge in [0.2, 0.25) is 0 Å². The Kier molecular flexibility index (Phi) is 4.12. The molecule has 1 aliphatic heterocycles. The van der Waals surface area contributed by atoms with Crippen molar-refractivity contribution in [2.45, 2.75) is 27.2 Å². The molecule has 0 unspecified atom stereocenters. The van der Waals surface area contributed by atoms with Crippen molar-refractivity contribution in [3.8, 4) is 0 Å². The average Bonchev–Trinajstić information content (AvgIpc) is 2.27. The summed E-state index contributed by atoms with van der Waals surface area (Å²) in [5.74, 6) is 0.657. The van der Waals surface area contributed by atoms with E-state index in [4.69, 9.17) is 0 Å². The van der Waals surface area contributed by atoms with Gasteiger partial charge in [-0.3, -0.25) is 4.79 Å². The molecule has 94 valence electrons. The van der Waals surface area contributed by atoms with Crippen LogP contribution in [0.2, 0.25) is 0 Å². The second kappa shape index (κ2) is 4.84. The van der Waals surface area contributed by atoms with Crippen molar-refractivity contribution in [1.29, 1.82) is 0 Å². The summed E-state index contributed by atoms with van der Waals surface area (Å²) in [4.78, 5) is 13.5. The normalized spacial score (nSPS) is 22.7.